The monoisotopic (exact) mass is 608 g/mol. The van der Waals surface area contributed by atoms with Crippen molar-refractivity contribution < 1.29 is 0 Å². The quantitative estimate of drug-likeness (QED) is 0.200. The second-order valence-electron chi connectivity index (χ2n) is 13.0. The van der Waals surface area contributed by atoms with Crippen molar-refractivity contribution in [1.82, 2.24) is 29.1 Å². The molecule has 1 aliphatic carbocycles. The third kappa shape index (κ3) is 4.18. The Morgan fingerprint density at radius 1 is 0.489 bits per heavy atom. The molecule has 0 fully saturated rings. The summed E-state index contributed by atoms with van der Waals surface area (Å²) in [6.07, 6.45) is 3.87. The van der Waals surface area contributed by atoms with Crippen LogP contribution in [0.2, 0.25) is 0 Å². The van der Waals surface area contributed by atoms with Gasteiger partial charge in [-0.15, -0.1) is 0 Å². The van der Waals surface area contributed by atoms with E-state index in [0.717, 1.165) is 67.4 Å². The molecule has 9 rings (SSSR count). The van der Waals surface area contributed by atoms with E-state index in [2.05, 4.69) is 110 Å². The molecule has 6 heteroatoms. The highest BCUT2D eigenvalue weighted by molar-refractivity contribution is 5.86. The first kappa shape index (κ1) is 27.4. The van der Waals surface area contributed by atoms with Crippen molar-refractivity contribution in [2.75, 3.05) is 0 Å². The van der Waals surface area contributed by atoms with Crippen LogP contribution in [0.5, 0.6) is 0 Å². The molecule has 0 saturated heterocycles. The van der Waals surface area contributed by atoms with E-state index < -0.39 is 0 Å². The van der Waals surface area contributed by atoms with Crippen LogP contribution in [0.25, 0.3) is 78.5 Å². The molecular weight excluding hydrogens is 576 g/mol. The molecule has 4 heterocycles. The van der Waals surface area contributed by atoms with E-state index in [0.29, 0.717) is 0 Å². The topological polar surface area (TPSA) is 61.4 Å². The summed E-state index contributed by atoms with van der Waals surface area (Å²) < 4.78 is 4.25. The molecule has 47 heavy (non-hydrogen) atoms. The molecule has 0 saturated carbocycles. The highest BCUT2D eigenvalue weighted by Gasteiger charge is 2.36. The fourth-order valence-electron chi connectivity index (χ4n) is 7.26. The Bertz CT molecular complexity index is 2320. The van der Waals surface area contributed by atoms with Crippen LogP contribution in [0, 0.1) is 0 Å². The first-order chi connectivity index (χ1) is 22.9. The summed E-state index contributed by atoms with van der Waals surface area (Å²) in [5, 5.41) is 0. The molecule has 8 aromatic rings. The van der Waals surface area contributed by atoms with Crippen LogP contribution in [0.3, 0.4) is 0 Å². The van der Waals surface area contributed by atoms with Crippen molar-refractivity contribution in [3.63, 3.8) is 0 Å². The Hall–Kier alpha value is -5.88. The standard InChI is InChI=1S/C41H32N6/c1-41(2)31-21-25(33-19-15-27(23-42-33)39-44-35-9-5-7-11-37(35)46(39)3)13-17-29(31)30-18-14-26(22-32(30)41)34-20-16-28(24-43-34)40-45-36-10-6-8-12-38(36)47(40)4/h5-24H,1-4H3. The van der Waals surface area contributed by atoms with E-state index in [-0.39, 0.29) is 5.41 Å². The first-order valence-corrected chi connectivity index (χ1v) is 15.9. The number of hydrogen-bond acceptors (Lipinski definition) is 4. The van der Waals surface area contributed by atoms with Crippen molar-refractivity contribution in [2.45, 2.75) is 19.3 Å². The number of rotatable bonds is 4. The molecule has 0 N–H and O–H groups in total. The van der Waals surface area contributed by atoms with E-state index >= 15 is 0 Å². The molecule has 0 bridgehead atoms. The van der Waals surface area contributed by atoms with Gasteiger partial charge < -0.3 is 9.13 Å². The molecule has 4 aromatic heterocycles. The molecular formula is C41H32N6. The number of imidazole rings is 2. The number of fused-ring (bicyclic) bond motifs is 5. The van der Waals surface area contributed by atoms with Crippen LogP contribution in [0.15, 0.2) is 122 Å². The van der Waals surface area contributed by atoms with Gasteiger partial charge in [0.15, 0.2) is 0 Å². The maximum Gasteiger partial charge on any atom is 0.142 e. The summed E-state index contributed by atoms with van der Waals surface area (Å²) >= 11 is 0. The third-order valence-corrected chi connectivity index (χ3v) is 9.89. The third-order valence-electron chi connectivity index (χ3n) is 9.89. The van der Waals surface area contributed by atoms with Gasteiger partial charge in [-0.25, -0.2) is 9.97 Å². The number of aryl methyl sites for hydroxylation is 2. The van der Waals surface area contributed by atoms with Gasteiger partial charge in [0, 0.05) is 54.2 Å². The fourth-order valence-corrected chi connectivity index (χ4v) is 7.26. The average molecular weight is 609 g/mol. The fraction of sp³-hybridized carbons (Fsp3) is 0.122. The van der Waals surface area contributed by atoms with Crippen LogP contribution in [-0.4, -0.2) is 29.1 Å². The summed E-state index contributed by atoms with van der Waals surface area (Å²) in [7, 11) is 4.11. The lowest BCUT2D eigenvalue weighted by atomic mass is 9.81. The lowest BCUT2D eigenvalue weighted by Gasteiger charge is -2.22. The summed E-state index contributed by atoms with van der Waals surface area (Å²) in [6.45, 7) is 4.63. The van der Waals surface area contributed by atoms with Crippen LogP contribution < -0.4 is 0 Å². The predicted octanol–water partition coefficient (Wildman–Crippen LogP) is 9.22. The largest absolute Gasteiger partial charge is 0.327 e. The van der Waals surface area contributed by atoms with Gasteiger partial charge in [-0.1, -0.05) is 62.4 Å². The summed E-state index contributed by atoms with van der Waals surface area (Å²) in [5.41, 5.74) is 15.4. The van der Waals surface area contributed by atoms with Gasteiger partial charge >= 0.3 is 0 Å². The minimum Gasteiger partial charge on any atom is -0.327 e. The SMILES string of the molecule is Cn1c(-c2ccc(-c3ccc4c(c3)C(C)(C)c3cc(-c5ccc(-c6nc7ccccc7n6C)cn5)ccc3-4)nc2)nc2ccccc21. The molecule has 1 aliphatic rings. The zero-order valence-electron chi connectivity index (χ0n) is 26.7. The zero-order valence-corrected chi connectivity index (χ0v) is 26.7. The normalized spacial score (nSPS) is 13.3. The van der Waals surface area contributed by atoms with Crippen molar-refractivity contribution >= 4 is 22.1 Å². The van der Waals surface area contributed by atoms with Crippen LogP contribution >= 0.6 is 0 Å². The van der Waals surface area contributed by atoms with Gasteiger partial charge in [-0.05, 0) is 82.9 Å². The maximum atomic E-state index is 4.89. The first-order valence-electron chi connectivity index (χ1n) is 15.9. The van der Waals surface area contributed by atoms with Crippen molar-refractivity contribution in [3.8, 4) is 56.4 Å². The lowest BCUT2D eigenvalue weighted by molar-refractivity contribution is 0.661. The van der Waals surface area contributed by atoms with Gasteiger partial charge in [-0.2, -0.15) is 0 Å². The second-order valence-corrected chi connectivity index (χ2v) is 13.0. The van der Waals surface area contributed by atoms with Gasteiger partial charge in [0.1, 0.15) is 11.6 Å². The Labute approximate surface area is 273 Å². The average Bonchev–Trinajstić information content (AvgIpc) is 3.71. The Balaban J connectivity index is 1.01. The number of benzene rings is 4. The molecule has 0 aliphatic heterocycles. The van der Waals surface area contributed by atoms with Gasteiger partial charge in [-0.3, -0.25) is 9.97 Å². The molecule has 0 radical (unpaired) electrons. The second kappa shape index (κ2) is 10.1. The smallest absolute Gasteiger partial charge is 0.142 e. The molecule has 0 unspecified atom stereocenters. The Morgan fingerprint density at radius 2 is 0.915 bits per heavy atom. The molecule has 4 aromatic carbocycles. The van der Waals surface area contributed by atoms with Crippen LogP contribution in [0.1, 0.15) is 25.0 Å². The highest BCUT2D eigenvalue weighted by atomic mass is 15.1. The molecule has 0 amide bonds. The number of nitrogens with zero attached hydrogens (tertiary/aromatic N) is 6. The van der Waals surface area contributed by atoms with Crippen LogP contribution in [-0.2, 0) is 19.5 Å². The minimum atomic E-state index is -0.170. The van der Waals surface area contributed by atoms with E-state index in [1.165, 1.54) is 22.3 Å². The number of pyridine rings is 2. The lowest BCUT2D eigenvalue weighted by Crippen LogP contribution is -2.15. The van der Waals surface area contributed by atoms with Gasteiger partial charge in [0.2, 0.25) is 0 Å². The van der Waals surface area contributed by atoms with Gasteiger partial charge in [0.25, 0.3) is 0 Å². The number of para-hydroxylation sites is 4. The van der Waals surface area contributed by atoms with Crippen molar-refractivity contribution in [3.05, 3.63) is 133 Å². The summed E-state index contributed by atoms with van der Waals surface area (Å²) in [5.74, 6) is 1.84. The maximum absolute atomic E-state index is 4.89. The molecule has 0 spiro atoms. The van der Waals surface area contributed by atoms with Crippen molar-refractivity contribution in [1.29, 1.82) is 0 Å². The van der Waals surface area contributed by atoms with E-state index in [9.17, 15) is 0 Å². The summed E-state index contributed by atoms with van der Waals surface area (Å²) in [6, 6.07) is 38.4. The molecule has 226 valence electrons. The Morgan fingerprint density at radius 3 is 1.32 bits per heavy atom. The van der Waals surface area contributed by atoms with Crippen LogP contribution in [0.4, 0.5) is 0 Å². The summed E-state index contributed by atoms with van der Waals surface area (Å²) in [4.78, 5) is 19.5. The molecule has 6 nitrogen and oxygen atoms in total. The number of hydrogen-bond donors (Lipinski definition) is 0. The highest BCUT2D eigenvalue weighted by Crippen LogP contribution is 2.50. The molecule has 0 atom stereocenters. The number of aromatic nitrogens is 6. The van der Waals surface area contributed by atoms with Crippen molar-refractivity contribution in [2.24, 2.45) is 14.1 Å². The van der Waals surface area contributed by atoms with E-state index in [1.807, 2.05) is 48.8 Å². The minimum absolute atomic E-state index is 0.170. The predicted molar refractivity (Wildman–Crippen MR) is 190 cm³/mol. The van der Waals surface area contributed by atoms with Gasteiger partial charge in [0.05, 0.1) is 33.5 Å². The zero-order chi connectivity index (χ0) is 31.9. The Kier molecular flexibility index (Phi) is 5.87. The van der Waals surface area contributed by atoms with E-state index in [1.54, 1.807) is 0 Å². The van der Waals surface area contributed by atoms with E-state index in [4.69, 9.17) is 19.9 Å².